The predicted octanol–water partition coefficient (Wildman–Crippen LogP) is 1.30. The van der Waals surface area contributed by atoms with E-state index in [9.17, 15) is 55.5 Å². The molecule has 3 unspecified atom stereocenters. The van der Waals surface area contributed by atoms with Crippen molar-refractivity contribution < 1.29 is 103 Å². The van der Waals surface area contributed by atoms with Crippen LogP contribution >= 0.6 is 0 Å². The van der Waals surface area contributed by atoms with Crippen molar-refractivity contribution in [1.82, 2.24) is 0 Å². The van der Waals surface area contributed by atoms with Crippen molar-refractivity contribution in [1.29, 1.82) is 0 Å². The van der Waals surface area contributed by atoms with Gasteiger partial charge in [-0.3, -0.25) is 14.4 Å². The molecule has 19 atom stereocenters. The minimum Gasteiger partial charge on any atom is -0.508 e. The zero-order valence-corrected chi connectivity index (χ0v) is 39.9. The van der Waals surface area contributed by atoms with Gasteiger partial charge in [-0.1, -0.05) is 0 Å². The number of phenols is 2. The maximum absolute atomic E-state index is 15.4. The molecule has 0 saturated carbocycles. The zero-order chi connectivity index (χ0) is 50.6. The summed E-state index contributed by atoms with van der Waals surface area (Å²) in [5.41, 5.74) is -6.69. The van der Waals surface area contributed by atoms with Crippen LogP contribution in [0.25, 0.3) is 10.8 Å². The number of ketones is 3. The number of aliphatic hydroxyl groups is 7. The third-order valence-corrected chi connectivity index (χ3v) is 14.8. The van der Waals surface area contributed by atoms with Gasteiger partial charge in [0.25, 0.3) is 0 Å². The zero-order valence-electron chi connectivity index (χ0n) is 39.9. The second-order valence-corrected chi connectivity index (χ2v) is 20.0. The summed E-state index contributed by atoms with van der Waals surface area (Å²) >= 11 is 0. The van der Waals surface area contributed by atoms with Crippen LogP contribution in [-0.4, -0.2) is 180 Å². The highest BCUT2D eigenvalue weighted by atomic mass is 16.7. The van der Waals surface area contributed by atoms with Crippen LogP contribution in [-0.2, 0) is 53.9 Å². The first-order valence-electron chi connectivity index (χ1n) is 23.2. The van der Waals surface area contributed by atoms with Crippen LogP contribution in [0.3, 0.4) is 0 Å². The topological polar surface area (TPSA) is 316 Å². The fraction of sp³-hybridized carbons (Fsp3) is 0.688. The second-order valence-electron chi connectivity index (χ2n) is 20.0. The van der Waals surface area contributed by atoms with Crippen LogP contribution in [0, 0.1) is 12.8 Å². The van der Waals surface area contributed by atoms with Crippen LogP contribution in [0.15, 0.2) is 23.5 Å². The van der Waals surface area contributed by atoms with E-state index in [1.54, 1.807) is 20.8 Å². The van der Waals surface area contributed by atoms with Gasteiger partial charge in [0.2, 0.25) is 12.1 Å². The molecule has 0 spiro atoms. The first kappa shape index (κ1) is 51.4. The molecule has 4 aliphatic heterocycles. The SMILES string of the molecule is CO[C@@H]1C(=O)C(C(C)=O)=C(O)C2(O[C@H]3CC(O[C@H]4C[C@@H](O[C@H]5C[C@](C)(O)[C@H](O)[C@@H](C)O5)[C@@H](O)[C@@H](C)O4)[C@H](O)[C@@H](C)O3)C(=O)c3c(cc4cc(O[C@H]5C[C@](C)(O)[C@H](O)[C@@H](C)O5)c(C)c(O)c4c3O)CC12. The van der Waals surface area contributed by atoms with Gasteiger partial charge in [-0.05, 0) is 84.9 Å². The number of carbonyl (C=O) groups excluding carboxylic acids is 3. The summed E-state index contributed by atoms with van der Waals surface area (Å²) in [6.07, 6.45) is -17.9. The number of ether oxygens (including phenoxy) is 9. The Morgan fingerprint density at radius 3 is 1.83 bits per heavy atom. The highest BCUT2D eigenvalue weighted by Crippen LogP contribution is 2.53. The highest BCUT2D eigenvalue weighted by molar-refractivity contribution is 6.25. The molecule has 21 nitrogen and oxygen atoms in total. The second kappa shape index (κ2) is 18.6. The van der Waals surface area contributed by atoms with Gasteiger partial charge >= 0.3 is 0 Å². The molecule has 0 radical (unpaired) electrons. The van der Waals surface area contributed by atoms with Gasteiger partial charge in [0.1, 0.15) is 59.1 Å². The van der Waals surface area contributed by atoms with Crippen molar-refractivity contribution in [2.45, 2.75) is 197 Å². The number of fused-ring (bicyclic) bond motifs is 3. The summed E-state index contributed by atoms with van der Waals surface area (Å²) < 4.78 is 54.5. The Balaban J connectivity index is 1.12. The Hall–Kier alpha value is -3.91. The number of hydrogen-bond donors (Lipinski definition) is 9. The molecule has 8 rings (SSSR count). The van der Waals surface area contributed by atoms with E-state index in [-0.39, 0.29) is 59.8 Å². The van der Waals surface area contributed by atoms with Crippen LogP contribution in [0.4, 0.5) is 0 Å². The van der Waals surface area contributed by atoms with Crippen LogP contribution < -0.4 is 4.74 Å². The Kier molecular flexibility index (Phi) is 13.9. The van der Waals surface area contributed by atoms with E-state index in [1.807, 2.05) is 0 Å². The standard InChI is InChI=1S/C48H64O21/c1-17-26(66-31-15-46(7,59)42(55)21(5)64-31)12-24-10-23-11-25-41(61-9)40(54)33(18(2)49)44(57)48(25,45(58)35(23)39(53)34(24)36(17)50)69-30-14-28(38(52)20(4)63-30)67-29-13-27(37(51)19(3)62-29)68-32-16-47(8,60)43(56)22(6)65-32/h10,12,19-22,25,27-32,37-38,41-43,50-53,55-57,59-60H,11,13-16H2,1-9H3/t19-,20-,21-,22-,25?,27-,28?,29+,30+,31+,32+,37+,38-,41+,42-,43-,46+,47+,48?/m1/s1. The van der Waals surface area contributed by atoms with E-state index < -0.39 is 161 Å². The van der Waals surface area contributed by atoms with E-state index >= 15 is 4.79 Å². The van der Waals surface area contributed by atoms with E-state index in [4.69, 9.17) is 42.6 Å². The lowest BCUT2D eigenvalue weighted by Crippen LogP contribution is -2.65. The third-order valence-electron chi connectivity index (χ3n) is 14.8. The van der Waals surface area contributed by atoms with Crippen molar-refractivity contribution in [3.63, 3.8) is 0 Å². The molecular weight excluding hydrogens is 913 g/mol. The lowest BCUT2D eigenvalue weighted by molar-refractivity contribution is -0.337. The van der Waals surface area contributed by atoms with Gasteiger partial charge in [0.15, 0.2) is 36.0 Å². The molecular formula is C48H64O21. The number of hydrogen-bond acceptors (Lipinski definition) is 21. The molecule has 9 N–H and O–H groups in total. The molecule has 0 aromatic heterocycles. The molecule has 4 saturated heterocycles. The number of aromatic hydroxyl groups is 2. The van der Waals surface area contributed by atoms with Crippen LogP contribution in [0.2, 0.25) is 0 Å². The fourth-order valence-corrected chi connectivity index (χ4v) is 11.0. The quantitative estimate of drug-likeness (QED) is 0.152. The fourth-order valence-electron chi connectivity index (χ4n) is 11.0. The molecule has 21 heteroatoms. The van der Waals surface area contributed by atoms with E-state index in [0.717, 1.165) is 6.92 Å². The summed E-state index contributed by atoms with van der Waals surface area (Å²) in [5, 5.41) is 101. The van der Waals surface area contributed by atoms with Crippen LogP contribution in [0.1, 0.15) is 95.6 Å². The minimum atomic E-state index is -2.65. The Bertz CT molecular complexity index is 2380. The number of phenolic OH excluding ortho intramolecular Hbond substituents is 2. The maximum atomic E-state index is 15.4. The molecule has 4 fully saturated rings. The van der Waals surface area contributed by atoms with Crippen molar-refractivity contribution in [3.8, 4) is 17.2 Å². The molecule has 2 aromatic rings. The average molecular weight is 977 g/mol. The highest BCUT2D eigenvalue weighted by Gasteiger charge is 2.65. The lowest BCUT2D eigenvalue weighted by atomic mass is 9.62. The molecule has 4 heterocycles. The van der Waals surface area contributed by atoms with Gasteiger partial charge in [-0.15, -0.1) is 0 Å². The number of aliphatic hydroxyl groups excluding tert-OH is 5. The molecule has 2 aromatic carbocycles. The minimum absolute atomic E-state index is 0.0915. The summed E-state index contributed by atoms with van der Waals surface area (Å²) in [6, 6.07) is 2.98. The smallest absolute Gasteiger partial charge is 0.207 e. The molecule has 382 valence electrons. The predicted molar refractivity (Wildman–Crippen MR) is 235 cm³/mol. The first-order valence-corrected chi connectivity index (χ1v) is 23.2. The molecule has 2 aliphatic carbocycles. The molecule has 0 amide bonds. The third kappa shape index (κ3) is 8.85. The van der Waals surface area contributed by atoms with Crippen molar-refractivity contribution >= 4 is 28.1 Å². The van der Waals surface area contributed by atoms with Crippen molar-refractivity contribution in [2.24, 2.45) is 5.92 Å². The van der Waals surface area contributed by atoms with E-state index in [1.165, 1.54) is 46.9 Å². The number of rotatable bonds is 10. The van der Waals surface area contributed by atoms with E-state index in [2.05, 4.69) is 0 Å². The Morgan fingerprint density at radius 2 is 1.26 bits per heavy atom. The van der Waals surface area contributed by atoms with Crippen molar-refractivity contribution in [3.05, 3.63) is 40.2 Å². The van der Waals surface area contributed by atoms with Crippen LogP contribution in [0.5, 0.6) is 17.2 Å². The number of Topliss-reactive ketones (excluding diaryl/α,β-unsaturated/α-hetero) is 3. The van der Waals surface area contributed by atoms with Gasteiger partial charge in [-0.2, -0.15) is 0 Å². The monoisotopic (exact) mass is 976 g/mol. The lowest BCUT2D eigenvalue weighted by Gasteiger charge is -2.50. The number of benzene rings is 2. The average Bonchev–Trinajstić information content (AvgIpc) is 3.25. The van der Waals surface area contributed by atoms with Gasteiger partial charge in [0.05, 0.1) is 58.8 Å². The Labute approximate surface area is 397 Å². The maximum Gasteiger partial charge on any atom is 0.207 e. The summed E-state index contributed by atoms with van der Waals surface area (Å²) in [5.74, 6) is -6.53. The molecule has 6 aliphatic rings. The molecule has 69 heavy (non-hydrogen) atoms. The normalized spacial score (nSPS) is 42.8. The summed E-state index contributed by atoms with van der Waals surface area (Å²) in [6.45, 7) is 11.6. The first-order chi connectivity index (χ1) is 32.2. The van der Waals surface area contributed by atoms with E-state index in [0.29, 0.717) is 0 Å². The summed E-state index contributed by atoms with van der Waals surface area (Å²) in [4.78, 5) is 42.6. The molecule has 0 bridgehead atoms. The largest absolute Gasteiger partial charge is 0.508 e. The van der Waals surface area contributed by atoms with Gasteiger partial charge in [0, 0.05) is 44.3 Å². The van der Waals surface area contributed by atoms with Gasteiger partial charge < -0.3 is 88.6 Å². The number of carbonyl (C=O) groups is 3. The Morgan fingerprint density at radius 1 is 0.739 bits per heavy atom. The van der Waals surface area contributed by atoms with Crippen molar-refractivity contribution in [2.75, 3.05) is 7.11 Å². The number of methoxy groups -OCH3 is 1. The summed E-state index contributed by atoms with van der Waals surface area (Å²) in [7, 11) is 1.19. The van der Waals surface area contributed by atoms with Gasteiger partial charge in [-0.25, -0.2) is 0 Å².